The van der Waals surface area contributed by atoms with Crippen LogP contribution in [0.15, 0.2) is 24.4 Å². The molecule has 0 atom stereocenters. The van der Waals surface area contributed by atoms with Gasteiger partial charge in [0.1, 0.15) is 5.82 Å². The molecule has 0 amide bonds. The van der Waals surface area contributed by atoms with Gasteiger partial charge in [-0.05, 0) is 19.1 Å². The molecule has 0 spiro atoms. The van der Waals surface area contributed by atoms with Crippen molar-refractivity contribution in [2.24, 2.45) is 0 Å². The summed E-state index contributed by atoms with van der Waals surface area (Å²) in [6, 6.07) is 5.71. The van der Waals surface area contributed by atoms with Crippen LogP contribution in [-0.2, 0) is 5.41 Å². The third-order valence-corrected chi connectivity index (χ3v) is 2.97. The van der Waals surface area contributed by atoms with E-state index in [2.05, 4.69) is 30.7 Å². The molecule has 0 aliphatic rings. The number of ether oxygens (including phenoxy) is 1. The Hall–Kier alpha value is -1.97. The second-order valence-corrected chi connectivity index (χ2v) is 5.55. The van der Waals surface area contributed by atoms with E-state index in [9.17, 15) is 0 Å². The van der Waals surface area contributed by atoms with Crippen molar-refractivity contribution in [3.8, 4) is 17.1 Å². The molecule has 0 saturated carbocycles. The lowest BCUT2D eigenvalue weighted by atomic mass is 9.93. The molecule has 0 bridgehead atoms. The van der Waals surface area contributed by atoms with E-state index in [4.69, 9.17) is 10.5 Å². The lowest BCUT2D eigenvalue weighted by Crippen LogP contribution is -2.11. The van der Waals surface area contributed by atoms with Crippen molar-refractivity contribution < 1.29 is 4.74 Å². The minimum Gasteiger partial charge on any atom is -0.491 e. The number of hydrogen-bond donors (Lipinski definition) is 2. The van der Waals surface area contributed by atoms with Crippen molar-refractivity contribution in [2.75, 3.05) is 12.3 Å². The summed E-state index contributed by atoms with van der Waals surface area (Å²) in [4.78, 5) is 7.79. The second-order valence-electron chi connectivity index (χ2n) is 5.55. The lowest BCUT2D eigenvalue weighted by Gasteiger charge is -2.15. The topological polar surface area (TPSA) is 63.9 Å². The number of nitrogens with zero attached hydrogens (tertiary/aromatic N) is 1. The molecule has 1 heterocycles. The highest BCUT2D eigenvalue weighted by Crippen LogP contribution is 2.34. The van der Waals surface area contributed by atoms with Crippen LogP contribution in [0.25, 0.3) is 11.4 Å². The van der Waals surface area contributed by atoms with Crippen molar-refractivity contribution in [2.45, 2.75) is 33.1 Å². The number of nitrogens with two attached hydrogens (primary N) is 1. The maximum atomic E-state index is 5.97. The monoisotopic (exact) mass is 259 g/mol. The predicted molar refractivity (Wildman–Crippen MR) is 78.3 cm³/mol. The first kappa shape index (κ1) is 13.5. The van der Waals surface area contributed by atoms with Crippen molar-refractivity contribution in [1.82, 2.24) is 9.97 Å². The molecule has 2 aromatic rings. The number of imidazole rings is 1. The van der Waals surface area contributed by atoms with E-state index >= 15 is 0 Å². The smallest absolute Gasteiger partial charge is 0.153 e. The average molecular weight is 259 g/mol. The van der Waals surface area contributed by atoms with Crippen LogP contribution in [0.3, 0.4) is 0 Å². The summed E-state index contributed by atoms with van der Waals surface area (Å²) < 4.78 is 5.63. The second kappa shape index (κ2) is 4.96. The van der Waals surface area contributed by atoms with Gasteiger partial charge < -0.3 is 15.5 Å². The number of anilines is 1. The molecule has 4 nitrogen and oxygen atoms in total. The van der Waals surface area contributed by atoms with E-state index in [0.29, 0.717) is 18.0 Å². The van der Waals surface area contributed by atoms with E-state index in [1.807, 2.05) is 31.3 Å². The molecule has 4 heteroatoms. The fourth-order valence-electron chi connectivity index (χ4n) is 1.89. The minimum atomic E-state index is 0.0390. The van der Waals surface area contributed by atoms with Gasteiger partial charge in [-0.3, -0.25) is 0 Å². The molecule has 0 fully saturated rings. The Bertz CT molecular complexity index is 567. The summed E-state index contributed by atoms with van der Waals surface area (Å²) in [5, 5.41) is 0. The van der Waals surface area contributed by atoms with E-state index in [1.165, 1.54) is 0 Å². The fraction of sp³-hybridized carbons (Fsp3) is 0.400. The number of nitrogen functional groups attached to an aromatic ring is 1. The van der Waals surface area contributed by atoms with Crippen molar-refractivity contribution in [3.05, 3.63) is 30.1 Å². The van der Waals surface area contributed by atoms with Gasteiger partial charge in [0.25, 0.3) is 0 Å². The highest BCUT2D eigenvalue weighted by Gasteiger charge is 2.19. The Kier molecular flexibility index (Phi) is 3.51. The van der Waals surface area contributed by atoms with Crippen LogP contribution in [0, 0.1) is 0 Å². The van der Waals surface area contributed by atoms with Gasteiger partial charge in [-0.1, -0.05) is 26.8 Å². The van der Waals surface area contributed by atoms with E-state index in [1.54, 1.807) is 0 Å². The molecule has 0 saturated heterocycles. The zero-order chi connectivity index (χ0) is 14.0. The molecule has 3 N–H and O–H groups in total. The van der Waals surface area contributed by atoms with Crippen LogP contribution in [-0.4, -0.2) is 16.6 Å². The van der Waals surface area contributed by atoms with Crippen molar-refractivity contribution in [3.63, 3.8) is 0 Å². The quantitative estimate of drug-likeness (QED) is 0.831. The Morgan fingerprint density at radius 1 is 1.32 bits per heavy atom. The van der Waals surface area contributed by atoms with Crippen molar-refractivity contribution in [1.29, 1.82) is 0 Å². The third-order valence-electron chi connectivity index (χ3n) is 2.97. The van der Waals surface area contributed by atoms with Gasteiger partial charge in [-0.15, -0.1) is 0 Å². The first-order chi connectivity index (χ1) is 8.93. The van der Waals surface area contributed by atoms with Crippen LogP contribution >= 0.6 is 0 Å². The van der Waals surface area contributed by atoms with Crippen LogP contribution in [0.2, 0.25) is 0 Å². The maximum Gasteiger partial charge on any atom is 0.153 e. The molecule has 0 aliphatic heterocycles. The Morgan fingerprint density at radius 2 is 2.05 bits per heavy atom. The molecule has 1 aromatic heterocycles. The summed E-state index contributed by atoms with van der Waals surface area (Å²) in [6.07, 6.45) is 1.87. The molecule has 0 aliphatic carbocycles. The maximum absolute atomic E-state index is 5.97. The third kappa shape index (κ3) is 2.72. The minimum absolute atomic E-state index is 0.0390. The number of hydrogen-bond acceptors (Lipinski definition) is 3. The highest BCUT2D eigenvalue weighted by molar-refractivity contribution is 5.73. The summed E-state index contributed by atoms with van der Waals surface area (Å²) >= 11 is 0. The number of benzene rings is 1. The normalized spacial score (nSPS) is 11.6. The number of aromatic amines is 1. The number of nitrogens with one attached hydrogen (secondary N) is 1. The molecule has 0 unspecified atom stereocenters. The number of rotatable bonds is 3. The molecule has 0 radical (unpaired) electrons. The van der Waals surface area contributed by atoms with Gasteiger partial charge in [-0.25, -0.2) is 4.98 Å². The van der Waals surface area contributed by atoms with Crippen LogP contribution in [0.1, 0.15) is 33.4 Å². The fourth-order valence-corrected chi connectivity index (χ4v) is 1.89. The average Bonchev–Trinajstić information content (AvgIpc) is 2.81. The Labute approximate surface area is 114 Å². The van der Waals surface area contributed by atoms with Crippen LogP contribution < -0.4 is 10.5 Å². The molecular formula is C15H21N3O. The molecule has 19 heavy (non-hydrogen) atoms. The van der Waals surface area contributed by atoms with Crippen LogP contribution in [0.5, 0.6) is 5.75 Å². The molecule has 1 aromatic carbocycles. The number of H-pyrrole nitrogens is 1. The highest BCUT2D eigenvalue weighted by atomic mass is 16.5. The van der Waals surface area contributed by atoms with E-state index < -0.39 is 0 Å². The van der Waals surface area contributed by atoms with Gasteiger partial charge in [0.2, 0.25) is 0 Å². The van der Waals surface area contributed by atoms with Gasteiger partial charge in [0.05, 0.1) is 17.9 Å². The van der Waals surface area contributed by atoms with Crippen LogP contribution in [0.4, 0.5) is 5.69 Å². The largest absolute Gasteiger partial charge is 0.491 e. The Morgan fingerprint density at radius 3 is 2.63 bits per heavy atom. The first-order valence-electron chi connectivity index (χ1n) is 6.50. The predicted octanol–water partition coefficient (Wildman–Crippen LogP) is 3.36. The van der Waals surface area contributed by atoms with E-state index in [-0.39, 0.29) is 5.41 Å². The number of para-hydroxylation sites is 1. The zero-order valence-electron chi connectivity index (χ0n) is 11.9. The zero-order valence-corrected chi connectivity index (χ0v) is 11.9. The van der Waals surface area contributed by atoms with Gasteiger partial charge >= 0.3 is 0 Å². The van der Waals surface area contributed by atoms with Crippen molar-refractivity contribution >= 4 is 5.69 Å². The molecule has 102 valence electrons. The van der Waals surface area contributed by atoms with Gasteiger partial charge in [0, 0.05) is 17.3 Å². The summed E-state index contributed by atoms with van der Waals surface area (Å²) in [6.45, 7) is 8.96. The molecular weight excluding hydrogens is 238 g/mol. The van der Waals surface area contributed by atoms with Gasteiger partial charge in [0.15, 0.2) is 5.75 Å². The lowest BCUT2D eigenvalue weighted by molar-refractivity contribution is 0.343. The molecule has 2 rings (SSSR count). The summed E-state index contributed by atoms with van der Waals surface area (Å²) in [5.41, 5.74) is 8.63. The number of aromatic nitrogens is 2. The van der Waals surface area contributed by atoms with E-state index in [0.717, 1.165) is 17.1 Å². The standard InChI is InChI=1S/C15H21N3O/c1-5-19-13-10(7-6-8-11(13)16)14-17-9-12(18-14)15(2,3)4/h6-9H,5,16H2,1-4H3,(H,17,18). The first-order valence-corrected chi connectivity index (χ1v) is 6.50. The summed E-state index contributed by atoms with van der Waals surface area (Å²) in [5.74, 6) is 1.49. The Balaban J connectivity index is 2.47. The summed E-state index contributed by atoms with van der Waals surface area (Å²) in [7, 11) is 0. The van der Waals surface area contributed by atoms with Gasteiger partial charge in [-0.2, -0.15) is 0 Å². The SMILES string of the molecule is CCOc1c(N)cccc1-c1ncc(C(C)(C)C)[nH]1.